The molecule has 1 aliphatic heterocycles. The van der Waals surface area contributed by atoms with Crippen LogP contribution >= 0.6 is 0 Å². The molecule has 8 heavy (non-hydrogen) atoms. The summed E-state index contributed by atoms with van der Waals surface area (Å²) in [5.74, 6) is 0.101. The monoisotopic (exact) mass is 115 g/mol. The number of hydrogen-bond donors (Lipinski definition) is 2. The maximum absolute atomic E-state index is 10.5. The van der Waals surface area contributed by atoms with Crippen LogP contribution in [0.3, 0.4) is 0 Å². The lowest BCUT2D eigenvalue weighted by Crippen LogP contribution is -2.39. The Labute approximate surface area is 47.7 Å². The Bertz CT molecular complexity index is 103. The first-order valence-corrected chi connectivity index (χ1v) is 2.69. The highest BCUT2D eigenvalue weighted by Gasteiger charge is 2.14. The summed E-state index contributed by atoms with van der Waals surface area (Å²) in [4.78, 5) is 10.5. The summed E-state index contributed by atoms with van der Waals surface area (Å²) in [6.07, 6.45) is -0.122. The maximum Gasteiger partial charge on any atom is 0.149 e. The van der Waals surface area contributed by atoms with E-state index in [1.54, 1.807) is 0 Å². The summed E-state index contributed by atoms with van der Waals surface area (Å²) < 4.78 is 0. The van der Waals surface area contributed by atoms with Gasteiger partial charge in [-0.2, -0.15) is 0 Å². The summed E-state index contributed by atoms with van der Waals surface area (Å²) in [6.45, 7) is 0.989. The normalized spacial score (nSPS) is 30.6. The van der Waals surface area contributed by atoms with Crippen LogP contribution in [-0.2, 0) is 4.79 Å². The molecule has 1 fully saturated rings. The molecule has 2 N–H and O–H groups in total. The highest BCUT2D eigenvalue weighted by Crippen LogP contribution is 1.95. The van der Waals surface area contributed by atoms with Crippen molar-refractivity contribution in [3.8, 4) is 0 Å². The van der Waals surface area contributed by atoms with E-state index in [0.29, 0.717) is 19.5 Å². The lowest BCUT2D eigenvalue weighted by molar-refractivity contribution is -0.121. The third-order valence-electron chi connectivity index (χ3n) is 1.17. The lowest BCUT2D eigenvalue weighted by Gasteiger charge is -2.15. The Morgan fingerprint density at radius 3 is 2.88 bits per heavy atom. The summed E-state index contributed by atoms with van der Waals surface area (Å²) in [7, 11) is 0. The Balaban J connectivity index is 2.34. The Kier molecular flexibility index (Phi) is 1.60. The fraction of sp³-hybridized carbons (Fsp3) is 0.800. The predicted molar refractivity (Wildman–Crippen MR) is 28.5 cm³/mol. The van der Waals surface area contributed by atoms with Gasteiger partial charge in [0.1, 0.15) is 5.78 Å². The number of piperidine rings is 1. The quantitative estimate of drug-likeness (QED) is 0.421. The van der Waals surface area contributed by atoms with Gasteiger partial charge in [-0.1, -0.05) is 0 Å². The lowest BCUT2D eigenvalue weighted by atomic mass is 10.1. The number of hydrogen-bond acceptors (Lipinski definition) is 3. The number of carbonyl (C=O) groups excluding carboxylic acids is 1. The molecule has 0 saturated carbocycles. The molecule has 0 bridgehead atoms. The van der Waals surface area contributed by atoms with Crippen LogP contribution in [0, 0.1) is 0 Å². The second-order valence-electron chi connectivity index (χ2n) is 2.03. The maximum atomic E-state index is 10.5. The number of β-amino-alcohol motifs (C(OH)–C–C–N with tert-alkyl or cyclic N) is 1. The molecule has 1 heterocycles. The molecule has 0 aliphatic carbocycles. The number of ketones is 1. The predicted octanol–water partition coefficient (Wildman–Crippen LogP) is -1.09. The van der Waals surface area contributed by atoms with E-state index < -0.39 is 6.10 Å². The van der Waals surface area contributed by atoms with E-state index in [1.165, 1.54) is 0 Å². The number of rotatable bonds is 0. The fourth-order valence-electron chi connectivity index (χ4n) is 0.785. The molecule has 0 aromatic rings. The van der Waals surface area contributed by atoms with Gasteiger partial charge in [-0.15, -0.1) is 0 Å². The van der Waals surface area contributed by atoms with Crippen molar-refractivity contribution >= 4 is 5.78 Å². The Morgan fingerprint density at radius 2 is 2.50 bits per heavy atom. The summed E-state index contributed by atoms with van der Waals surface area (Å²) >= 11 is 0. The van der Waals surface area contributed by atoms with Gasteiger partial charge in [0.25, 0.3) is 0 Å². The van der Waals surface area contributed by atoms with E-state index in [1.807, 2.05) is 0 Å². The van der Waals surface area contributed by atoms with Crippen LogP contribution in [0.4, 0.5) is 0 Å². The van der Waals surface area contributed by atoms with Crippen molar-refractivity contribution in [2.45, 2.75) is 12.5 Å². The SMILES string of the molecule is O=C1CNCC(O)C1. The second-order valence-corrected chi connectivity index (χ2v) is 2.03. The molecule has 46 valence electrons. The zero-order valence-electron chi connectivity index (χ0n) is 4.55. The fourth-order valence-corrected chi connectivity index (χ4v) is 0.785. The van der Waals surface area contributed by atoms with E-state index in [9.17, 15) is 4.79 Å². The zero-order valence-corrected chi connectivity index (χ0v) is 4.55. The van der Waals surface area contributed by atoms with Gasteiger partial charge in [0.05, 0.1) is 12.6 Å². The smallest absolute Gasteiger partial charge is 0.149 e. The van der Waals surface area contributed by atoms with Crippen LogP contribution < -0.4 is 5.32 Å². The van der Waals surface area contributed by atoms with Crippen molar-refractivity contribution in [3.05, 3.63) is 0 Å². The first-order chi connectivity index (χ1) is 3.79. The second kappa shape index (κ2) is 2.24. The van der Waals surface area contributed by atoms with Crippen molar-refractivity contribution < 1.29 is 9.90 Å². The zero-order chi connectivity index (χ0) is 5.98. The van der Waals surface area contributed by atoms with Crippen molar-refractivity contribution in [1.29, 1.82) is 0 Å². The molecular weight excluding hydrogens is 106 g/mol. The number of carbonyl (C=O) groups is 1. The van der Waals surface area contributed by atoms with Gasteiger partial charge in [-0.25, -0.2) is 0 Å². The first kappa shape index (κ1) is 5.72. The molecule has 0 spiro atoms. The molecule has 1 saturated heterocycles. The van der Waals surface area contributed by atoms with E-state index in [2.05, 4.69) is 5.32 Å². The summed E-state index contributed by atoms with van der Waals surface area (Å²) in [6, 6.07) is 0. The van der Waals surface area contributed by atoms with Crippen molar-refractivity contribution in [2.24, 2.45) is 0 Å². The number of aliphatic hydroxyl groups excluding tert-OH is 1. The van der Waals surface area contributed by atoms with Crippen molar-refractivity contribution in [2.75, 3.05) is 13.1 Å². The Hall–Kier alpha value is -0.410. The van der Waals surface area contributed by atoms with Gasteiger partial charge in [0, 0.05) is 13.0 Å². The van der Waals surface area contributed by atoms with Crippen molar-refractivity contribution in [3.63, 3.8) is 0 Å². The molecule has 0 radical (unpaired) electrons. The van der Waals surface area contributed by atoms with Gasteiger partial charge in [-0.05, 0) is 0 Å². The van der Waals surface area contributed by atoms with E-state index in [-0.39, 0.29) is 5.78 Å². The van der Waals surface area contributed by atoms with Crippen LogP contribution in [0.5, 0.6) is 0 Å². The van der Waals surface area contributed by atoms with E-state index in [0.717, 1.165) is 0 Å². The first-order valence-electron chi connectivity index (χ1n) is 2.69. The highest BCUT2D eigenvalue weighted by molar-refractivity contribution is 5.81. The van der Waals surface area contributed by atoms with Crippen LogP contribution in [0.1, 0.15) is 6.42 Å². The van der Waals surface area contributed by atoms with Crippen LogP contribution in [-0.4, -0.2) is 30.1 Å². The molecule has 0 amide bonds. The van der Waals surface area contributed by atoms with Crippen molar-refractivity contribution in [1.82, 2.24) is 5.32 Å². The molecule has 1 rings (SSSR count). The standard InChI is InChI=1S/C5H9NO2/c7-4-1-5(8)3-6-2-4/h4,6-7H,1-3H2. The summed E-state index contributed by atoms with van der Waals surface area (Å²) in [5.41, 5.74) is 0. The molecule has 0 aromatic heterocycles. The Morgan fingerprint density at radius 1 is 1.75 bits per heavy atom. The molecule has 1 atom stereocenters. The molecule has 1 unspecified atom stereocenters. The third kappa shape index (κ3) is 1.28. The summed E-state index contributed by atoms with van der Waals surface area (Å²) in [5, 5.41) is 11.6. The minimum absolute atomic E-state index is 0.101. The van der Waals surface area contributed by atoms with Gasteiger partial charge >= 0.3 is 0 Å². The average molecular weight is 115 g/mol. The minimum Gasteiger partial charge on any atom is -0.391 e. The molecule has 1 aliphatic rings. The topological polar surface area (TPSA) is 49.3 Å². The van der Waals surface area contributed by atoms with Gasteiger partial charge in [0.15, 0.2) is 0 Å². The highest BCUT2D eigenvalue weighted by atomic mass is 16.3. The van der Waals surface area contributed by atoms with Gasteiger partial charge in [-0.3, -0.25) is 4.79 Å². The van der Waals surface area contributed by atoms with Gasteiger partial charge in [0.2, 0.25) is 0 Å². The largest absolute Gasteiger partial charge is 0.391 e. The van der Waals surface area contributed by atoms with E-state index in [4.69, 9.17) is 5.11 Å². The third-order valence-corrected chi connectivity index (χ3v) is 1.17. The van der Waals surface area contributed by atoms with Crippen LogP contribution in [0.15, 0.2) is 0 Å². The van der Waals surface area contributed by atoms with Crippen LogP contribution in [0.25, 0.3) is 0 Å². The molecule has 0 aromatic carbocycles. The number of nitrogens with one attached hydrogen (secondary N) is 1. The number of aliphatic hydroxyl groups is 1. The number of Topliss-reactive ketones (excluding diaryl/α,β-unsaturated/α-hetero) is 1. The molecular formula is C5H9NO2. The molecule has 3 nitrogen and oxygen atoms in total. The van der Waals surface area contributed by atoms with E-state index >= 15 is 0 Å². The average Bonchev–Trinajstić information content (AvgIpc) is 1.64. The minimum atomic E-state index is -0.448. The molecule has 3 heteroatoms. The van der Waals surface area contributed by atoms with Gasteiger partial charge < -0.3 is 10.4 Å². The van der Waals surface area contributed by atoms with Crippen LogP contribution in [0.2, 0.25) is 0 Å².